The summed E-state index contributed by atoms with van der Waals surface area (Å²) in [4.78, 5) is 18.3. The van der Waals surface area contributed by atoms with Gasteiger partial charge in [0.15, 0.2) is 0 Å². The number of aromatic amines is 1. The molecule has 1 aromatic heterocycles. The predicted molar refractivity (Wildman–Crippen MR) is 116 cm³/mol. The van der Waals surface area contributed by atoms with Gasteiger partial charge in [0.25, 0.3) is 0 Å². The van der Waals surface area contributed by atoms with Crippen LogP contribution in [0, 0.1) is 0 Å². The fraction of sp³-hybridized carbons (Fsp3) is 0.375. The third-order valence-corrected chi connectivity index (χ3v) is 5.87. The molecule has 0 radical (unpaired) electrons. The van der Waals surface area contributed by atoms with Crippen molar-refractivity contribution >= 4 is 16.8 Å². The molecule has 0 bridgehead atoms. The van der Waals surface area contributed by atoms with Crippen molar-refractivity contribution in [2.75, 3.05) is 26.7 Å². The second kappa shape index (κ2) is 9.14. The van der Waals surface area contributed by atoms with E-state index in [1.54, 1.807) is 7.11 Å². The number of para-hydroxylation sites is 1. The first-order valence-electron chi connectivity index (χ1n) is 10.4. The number of likely N-dealkylation sites (tertiary alicyclic amines) is 1. The molecule has 5 heteroatoms. The Balaban J connectivity index is 1.36. The molecule has 1 amide bonds. The number of fused-ring (bicyclic) bond motifs is 1. The monoisotopic (exact) mass is 391 g/mol. The fourth-order valence-electron chi connectivity index (χ4n) is 4.22. The molecular weight excluding hydrogens is 362 g/mol. The number of benzene rings is 2. The van der Waals surface area contributed by atoms with Crippen LogP contribution in [-0.2, 0) is 11.2 Å². The number of carbonyl (C=O) groups is 1. The van der Waals surface area contributed by atoms with E-state index in [4.69, 9.17) is 4.74 Å². The van der Waals surface area contributed by atoms with Crippen LogP contribution in [0.15, 0.2) is 54.7 Å². The Labute approximate surface area is 172 Å². The molecule has 2 N–H and O–H groups in total. The Morgan fingerprint density at radius 2 is 1.90 bits per heavy atom. The highest BCUT2D eigenvalue weighted by molar-refractivity contribution is 5.84. The van der Waals surface area contributed by atoms with Crippen molar-refractivity contribution in [3.8, 4) is 5.75 Å². The largest absolute Gasteiger partial charge is 0.497 e. The molecule has 5 nitrogen and oxygen atoms in total. The summed E-state index contributed by atoms with van der Waals surface area (Å²) in [6, 6.07) is 16.7. The van der Waals surface area contributed by atoms with E-state index in [-0.39, 0.29) is 11.9 Å². The Hall–Kier alpha value is -2.79. The second-order valence-corrected chi connectivity index (χ2v) is 7.70. The molecule has 152 valence electrons. The number of aromatic nitrogens is 1. The lowest BCUT2D eigenvalue weighted by atomic mass is 10.0. The van der Waals surface area contributed by atoms with E-state index in [0.717, 1.165) is 30.8 Å². The number of methoxy groups -OCH3 is 1. The van der Waals surface area contributed by atoms with Crippen molar-refractivity contribution in [3.05, 3.63) is 65.9 Å². The molecule has 0 aliphatic carbocycles. The summed E-state index contributed by atoms with van der Waals surface area (Å²) in [7, 11) is 1.68. The minimum Gasteiger partial charge on any atom is -0.497 e. The topological polar surface area (TPSA) is 57.4 Å². The smallest absolute Gasteiger partial charge is 0.220 e. The van der Waals surface area contributed by atoms with Crippen LogP contribution in [0.2, 0.25) is 0 Å². The Morgan fingerprint density at radius 3 is 2.66 bits per heavy atom. The molecule has 2 aromatic carbocycles. The van der Waals surface area contributed by atoms with E-state index in [1.165, 1.54) is 29.4 Å². The van der Waals surface area contributed by atoms with E-state index in [9.17, 15) is 4.79 Å². The molecule has 1 atom stereocenters. The molecular formula is C24H29N3O2. The minimum atomic E-state index is 0.105. The zero-order valence-electron chi connectivity index (χ0n) is 17.0. The second-order valence-electron chi connectivity index (χ2n) is 7.70. The summed E-state index contributed by atoms with van der Waals surface area (Å²) in [5.74, 6) is 0.963. The van der Waals surface area contributed by atoms with Gasteiger partial charge in [-0.2, -0.15) is 0 Å². The zero-order valence-corrected chi connectivity index (χ0v) is 17.0. The SMILES string of the molecule is COc1ccc([C@@H](CNC(=O)CCc2c[nH]c3ccccc23)N2CCCC2)cc1. The van der Waals surface area contributed by atoms with Crippen LogP contribution in [0.25, 0.3) is 10.9 Å². The van der Waals surface area contributed by atoms with Crippen LogP contribution in [-0.4, -0.2) is 42.5 Å². The van der Waals surface area contributed by atoms with Gasteiger partial charge in [-0.25, -0.2) is 0 Å². The number of ether oxygens (including phenoxy) is 1. The van der Waals surface area contributed by atoms with E-state index in [0.29, 0.717) is 13.0 Å². The average Bonchev–Trinajstić information content (AvgIpc) is 3.43. The molecule has 1 saturated heterocycles. The number of hydrogen-bond acceptors (Lipinski definition) is 3. The highest BCUT2D eigenvalue weighted by Crippen LogP contribution is 2.26. The molecule has 4 rings (SSSR count). The normalized spacial score (nSPS) is 15.5. The maximum absolute atomic E-state index is 12.6. The summed E-state index contributed by atoms with van der Waals surface area (Å²) < 4.78 is 5.28. The first-order valence-corrected chi connectivity index (χ1v) is 10.4. The van der Waals surface area contributed by atoms with Gasteiger partial charge in [-0.05, 0) is 61.7 Å². The van der Waals surface area contributed by atoms with Crippen molar-refractivity contribution in [3.63, 3.8) is 0 Å². The highest BCUT2D eigenvalue weighted by Gasteiger charge is 2.24. The lowest BCUT2D eigenvalue weighted by molar-refractivity contribution is -0.121. The lowest BCUT2D eigenvalue weighted by Gasteiger charge is -2.28. The van der Waals surface area contributed by atoms with Crippen LogP contribution in [0.5, 0.6) is 5.75 Å². The molecule has 0 spiro atoms. The van der Waals surface area contributed by atoms with Gasteiger partial charge in [-0.3, -0.25) is 9.69 Å². The number of nitrogens with one attached hydrogen (secondary N) is 2. The summed E-state index contributed by atoms with van der Waals surface area (Å²) >= 11 is 0. The number of aryl methyl sites for hydroxylation is 1. The van der Waals surface area contributed by atoms with Gasteiger partial charge in [0.2, 0.25) is 5.91 Å². The standard InChI is InChI=1S/C24H29N3O2/c1-29-20-11-8-18(9-12-20)23(27-14-4-5-15-27)17-26-24(28)13-10-19-16-25-22-7-3-2-6-21(19)22/h2-3,6-9,11-12,16,23,25H,4-5,10,13-15,17H2,1H3,(H,26,28)/t23-/m1/s1. The van der Waals surface area contributed by atoms with E-state index in [1.807, 2.05) is 30.5 Å². The lowest BCUT2D eigenvalue weighted by Crippen LogP contribution is -2.36. The predicted octanol–water partition coefficient (Wildman–Crippen LogP) is 4.06. The van der Waals surface area contributed by atoms with E-state index in [2.05, 4.69) is 39.5 Å². The summed E-state index contributed by atoms with van der Waals surface area (Å²) in [5.41, 5.74) is 3.54. The van der Waals surface area contributed by atoms with Crippen molar-refractivity contribution in [1.82, 2.24) is 15.2 Å². The van der Waals surface area contributed by atoms with Crippen molar-refractivity contribution in [2.24, 2.45) is 0 Å². The Kier molecular flexibility index (Phi) is 6.15. The van der Waals surface area contributed by atoms with Gasteiger partial charge in [-0.15, -0.1) is 0 Å². The Bertz CT molecular complexity index is 942. The highest BCUT2D eigenvalue weighted by atomic mass is 16.5. The van der Waals surface area contributed by atoms with Crippen LogP contribution in [0.4, 0.5) is 0 Å². The van der Waals surface area contributed by atoms with Gasteiger partial charge in [-0.1, -0.05) is 30.3 Å². The molecule has 1 aliphatic rings. The van der Waals surface area contributed by atoms with Crippen LogP contribution < -0.4 is 10.1 Å². The van der Waals surface area contributed by atoms with E-state index < -0.39 is 0 Å². The number of amides is 1. The van der Waals surface area contributed by atoms with Gasteiger partial charge >= 0.3 is 0 Å². The fourth-order valence-corrected chi connectivity index (χ4v) is 4.22. The van der Waals surface area contributed by atoms with Crippen LogP contribution in [0.3, 0.4) is 0 Å². The number of H-pyrrole nitrogens is 1. The van der Waals surface area contributed by atoms with Crippen molar-refractivity contribution < 1.29 is 9.53 Å². The van der Waals surface area contributed by atoms with Gasteiger partial charge in [0.1, 0.15) is 5.75 Å². The quantitative estimate of drug-likeness (QED) is 0.609. The third kappa shape index (κ3) is 4.62. The number of carbonyl (C=O) groups excluding carboxylic acids is 1. The number of hydrogen-bond donors (Lipinski definition) is 2. The minimum absolute atomic E-state index is 0.105. The average molecular weight is 392 g/mol. The third-order valence-electron chi connectivity index (χ3n) is 5.87. The van der Waals surface area contributed by atoms with Crippen molar-refractivity contribution in [2.45, 2.75) is 31.7 Å². The molecule has 3 aromatic rings. The van der Waals surface area contributed by atoms with Crippen LogP contribution >= 0.6 is 0 Å². The molecule has 29 heavy (non-hydrogen) atoms. The van der Waals surface area contributed by atoms with Gasteiger partial charge < -0.3 is 15.0 Å². The van der Waals surface area contributed by atoms with Crippen molar-refractivity contribution in [1.29, 1.82) is 0 Å². The van der Waals surface area contributed by atoms with Crippen LogP contribution in [0.1, 0.15) is 36.4 Å². The summed E-state index contributed by atoms with van der Waals surface area (Å²) in [5, 5.41) is 4.38. The maximum Gasteiger partial charge on any atom is 0.220 e. The van der Waals surface area contributed by atoms with E-state index >= 15 is 0 Å². The summed E-state index contributed by atoms with van der Waals surface area (Å²) in [6.45, 7) is 2.81. The Morgan fingerprint density at radius 1 is 1.14 bits per heavy atom. The van der Waals surface area contributed by atoms with Gasteiger partial charge in [0, 0.05) is 30.1 Å². The molecule has 1 fully saturated rings. The maximum atomic E-state index is 12.6. The molecule has 0 unspecified atom stereocenters. The molecule has 1 aliphatic heterocycles. The first kappa shape index (κ1) is 19.5. The molecule has 2 heterocycles. The number of rotatable bonds is 8. The molecule has 0 saturated carbocycles. The zero-order chi connectivity index (χ0) is 20.1. The number of nitrogens with zero attached hydrogens (tertiary/aromatic N) is 1. The first-order chi connectivity index (χ1) is 14.2. The van der Waals surface area contributed by atoms with Gasteiger partial charge in [0.05, 0.1) is 13.2 Å². The summed E-state index contributed by atoms with van der Waals surface area (Å²) in [6.07, 6.45) is 5.70.